The van der Waals surface area contributed by atoms with Gasteiger partial charge in [0.2, 0.25) is 0 Å². The Kier molecular flexibility index (Phi) is 10.6. The van der Waals surface area contributed by atoms with E-state index in [4.69, 9.17) is 21.1 Å². The van der Waals surface area contributed by atoms with E-state index in [1.54, 1.807) is 49.4 Å². The summed E-state index contributed by atoms with van der Waals surface area (Å²) in [6.07, 6.45) is 2.06. The van der Waals surface area contributed by atoms with E-state index in [1.165, 1.54) is 12.0 Å². The van der Waals surface area contributed by atoms with Crippen molar-refractivity contribution in [2.75, 3.05) is 38.7 Å². The summed E-state index contributed by atoms with van der Waals surface area (Å²) in [4.78, 5) is 54.1. The number of amides is 2. The molecule has 0 atom stereocenters. The number of benzene rings is 3. The second-order valence-corrected chi connectivity index (χ2v) is 10.3. The van der Waals surface area contributed by atoms with Crippen molar-refractivity contribution in [3.63, 3.8) is 0 Å². The molecule has 1 N–H and O–H groups in total. The largest absolute Gasteiger partial charge is 0.465 e. The summed E-state index contributed by atoms with van der Waals surface area (Å²) in [6.45, 7) is 3.65. The molecule has 3 aromatic carbocycles. The number of esters is 2. The van der Waals surface area contributed by atoms with Crippen LogP contribution in [0.1, 0.15) is 62.0 Å². The second kappa shape index (κ2) is 14.5. The number of methoxy groups -OCH3 is 1. The van der Waals surface area contributed by atoms with Crippen molar-refractivity contribution in [3.8, 4) is 0 Å². The molecule has 1 heterocycles. The van der Waals surface area contributed by atoms with Crippen LogP contribution in [-0.4, -0.2) is 66.9 Å². The molecule has 1 aliphatic rings. The van der Waals surface area contributed by atoms with Crippen molar-refractivity contribution in [1.82, 2.24) is 9.80 Å². The SMILES string of the molecule is CCOC(=O)CN(Cc1ccc(C(=O)OC)cc1NCc1ccc(C(=O)N2CCCC2)cc1)C(=O)c1ccc(Cl)cc1. The summed E-state index contributed by atoms with van der Waals surface area (Å²) < 4.78 is 10.0. The molecule has 0 unspecified atom stereocenters. The molecule has 42 heavy (non-hydrogen) atoms. The van der Waals surface area contributed by atoms with Crippen LogP contribution in [0.2, 0.25) is 5.02 Å². The zero-order chi connectivity index (χ0) is 30.1. The third-order valence-electron chi connectivity index (χ3n) is 6.97. The number of anilines is 1. The zero-order valence-electron chi connectivity index (χ0n) is 23.7. The number of nitrogens with zero attached hydrogens (tertiary/aromatic N) is 2. The molecular formula is C32H34ClN3O6. The molecule has 0 radical (unpaired) electrons. The van der Waals surface area contributed by atoms with E-state index < -0.39 is 11.9 Å². The fourth-order valence-electron chi connectivity index (χ4n) is 4.73. The van der Waals surface area contributed by atoms with Gasteiger partial charge in [0, 0.05) is 48.0 Å². The van der Waals surface area contributed by atoms with Gasteiger partial charge in [-0.15, -0.1) is 0 Å². The molecule has 0 spiro atoms. The molecule has 1 aliphatic heterocycles. The summed E-state index contributed by atoms with van der Waals surface area (Å²) in [5.41, 5.74) is 3.53. The lowest BCUT2D eigenvalue weighted by Gasteiger charge is -2.24. The van der Waals surface area contributed by atoms with Gasteiger partial charge in [0.25, 0.3) is 11.8 Å². The van der Waals surface area contributed by atoms with Gasteiger partial charge in [-0.1, -0.05) is 29.8 Å². The first-order chi connectivity index (χ1) is 20.3. The van der Waals surface area contributed by atoms with E-state index in [9.17, 15) is 19.2 Å². The van der Waals surface area contributed by atoms with Crippen LogP contribution in [0.15, 0.2) is 66.7 Å². The average Bonchev–Trinajstić information content (AvgIpc) is 3.55. The molecule has 4 rings (SSSR count). The first-order valence-corrected chi connectivity index (χ1v) is 14.2. The van der Waals surface area contributed by atoms with Crippen LogP contribution < -0.4 is 5.32 Å². The van der Waals surface area contributed by atoms with E-state index in [2.05, 4.69) is 5.32 Å². The van der Waals surface area contributed by atoms with Crippen LogP contribution in [-0.2, 0) is 27.4 Å². The topological polar surface area (TPSA) is 105 Å². The Balaban J connectivity index is 1.56. The first-order valence-electron chi connectivity index (χ1n) is 13.8. The summed E-state index contributed by atoms with van der Waals surface area (Å²) >= 11 is 6.00. The third-order valence-corrected chi connectivity index (χ3v) is 7.22. The number of carbonyl (C=O) groups is 4. The normalized spacial score (nSPS) is 12.5. The smallest absolute Gasteiger partial charge is 0.337 e. The van der Waals surface area contributed by atoms with E-state index in [0.29, 0.717) is 39.5 Å². The highest BCUT2D eigenvalue weighted by atomic mass is 35.5. The van der Waals surface area contributed by atoms with E-state index in [-0.39, 0.29) is 31.5 Å². The van der Waals surface area contributed by atoms with Gasteiger partial charge in [-0.05, 0) is 79.4 Å². The molecule has 0 aromatic heterocycles. The van der Waals surface area contributed by atoms with Gasteiger partial charge in [0.1, 0.15) is 6.54 Å². The molecule has 9 nitrogen and oxygen atoms in total. The number of halogens is 1. The monoisotopic (exact) mass is 591 g/mol. The Bertz CT molecular complexity index is 1420. The van der Waals surface area contributed by atoms with Crippen LogP contribution in [0.25, 0.3) is 0 Å². The fourth-order valence-corrected chi connectivity index (χ4v) is 4.86. The number of rotatable bonds is 11. The molecule has 1 saturated heterocycles. The first kappa shape index (κ1) is 30.6. The Labute approximate surface area is 250 Å². The predicted octanol–water partition coefficient (Wildman–Crippen LogP) is 5.18. The molecule has 2 amide bonds. The van der Waals surface area contributed by atoms with Gasteiger partial charge >= 0.3 is 11.9 Å². The molecular weight excluding hydrogens is 558 g/mol. The van der Waals surface area contributed by atoms with E-state index >= 15 is 0 Å². The Morgan fingerprint density at radius 1 is 0.905 bits per heavy atom. The summed E-state index contributed by atoms with van der Waals surface area (Å²) in [5, 5.41) is 3.84. The van der Waals surface area contributed by atoms with Crippen LogP contribution in [0.4, 0.5) is 5.69 Å². The van der Waals surface area contributed by atoms with Gasteiger partial charge in [0.05, 0.1) is 19.3 Å². The Morgan fingerprint density at radius 2 is 1.55 bits per heavy atom. The maximum absolute atomic E-state index is 13.4. The minimum absolute atomic E-state index is 0.0344. The van der Waals surface area contributed by atoms with Gasteiger partial charge in [-0.2, -0.15) is 0 Å². The maximum atomic E-state index is 13.4. The zero-order valence-corrected chi connectivity index (χ0v) is 24.5. The maximum Gasteiger partial charge on any atom is 0.337 e. The minimum Gasteiger partial charge on any atom is -0.465 e. The third kappa shape index (κ3) is 7.88. The molecule has 3 aromatic rings. The van der Waals surface area contributed by atoms with Crippen molar-refractivity contribution < 1.29 is 28.7 Å². The van der Waals surface area contributed by atoms with Crippen LogP contribution in [0.5, 0.6) is 0 Å². The molecule has 1 fully saturated rings. The molecule has 0 bridgehead atoms. The summed E-state index contributed by atoms with van der Waals surface area (Å²) in [7, 11) is 1.31. The quantitative estimate of drug-likeness (QED) is 0.306. The number of likely N-dealkylation sites (tertiary alicyclic amines) is 1. The Morgan fingerprint density at radius 3 is 2.19 bits per heavy atom. The average molecular weight is 592 g/mol. The standard InChI is InChI=1S/C32H34ClN3O6/c1-3-42-29(37)21-36(31(39)24-12-14-27(33)15-13-24)20-26-11-10-25(32(40)41-2)18-28(26)34-19-22-6-8-23(9-7-22)30(38)35-16-4-5-17-35/h6-15,18,34H,3-5,16-17,19-21H2,1-2H3. The number of carbonyl (C=O) groups excluding carboxylic acids is 4. The number of hydrogen-bond donors (Lipinski definition) is 1. The fraction of sp³-hybridized carbons (Fsp3) is 0.312. The highest BCUT2D eigenvalue weighted by Gasteiger charge is 2.22. The van der Waals surface area contributed by atoms with Crippen molar-refractivity contribution in [1.29, 1.82) is 0 Å². The number of hydrogen-bond acceptors (Lipinski definition) is 7. The lowest BCUT2D eigenvalue weighted by Crippen LogP contribution is -2.36. The van der Waals surface area contributed by atoms with E-state index in [0.717, 1.165) is 31.5 Å². The number of ether oxygens (including phenoxy) is 2. The van der Waals surface area contributed by atoms with Crippen molar-refractivity contribution in [2.45, 2.75) is 32.9 Å². The molecule has 220 valence electrons. The van der Waals surface area contributed by atoms with Gasteiger partial charge in [-0.3, -0.25) is 14.4 Å². The van der Waals surface area contributed by atoms with Crippen molar-refractivity contribution in [2.24, 2.45) is 0 Å². The van der Waals surface area contributed by atoms with Crippen LogP contribution in [0, 0.1) is 0 Å². The lowest BCUT2D eigenvalue weighted by atomic mass is 10.1. The van der Waals surface area contributed by atoms with Crippen molar-refractivity contribution in [3.05, 3.63) is 99.6 Å². The van der Waals surface area contributed by atoms with Gasteiger partial charge < -0.3 is 24.6 Å². The van der Waals surface area contributed by atoms with Crippen LogP contribution in [0.3, 0.4) is 0 Å². The molecule has 0 saturated carbocycles. The highest BCUT2D eigenvalue weighted by Crippen LogP contribution is 2.23. The Hall–Kier alpha value is -4.37. The van der Waals surface area contributed by atoms with Crippen molar-refractivity contribution >= 4 is 41.0 Å². The van der Waals surface area contributed by atoms with Gasteiger partial charge in [-0.25, -0.2) is 4.79 Å². The molecule has 0 aliphatic carbocycles. The lowest BCUT2D eigenvalue weighted by molar-refractivity contribution is -0.143. The predicted molar refractivity (Wildman–Crippen MR) is 160 cm³/mol. The highest BCUT2D eigenvalue weighted by molar-refractivity contribution is 6.30. The minimum atomic E-state index is -0.538. The van der Waals surface area contributed by atoms with E-state index in [1.807, 2.05) is 29.2 Å². The summed E-state index contributed by atoms with van der Waals surface area (Å²) in [6, 6.07) is 18.8. The second-order valence-electron chi connectivity index (χ2n) is 9.89. The van der Waals surface area contributed by atoms with Gasteiger partial charge in [0.15, 0.2) is 0 Å². The molecule has 10 heteroatoms. The number of nitrogens with one attached hydrogen (secondary N) is 1. The van der Waals surface area contributed by atoms with Crippen LogP contribution >= 0.6 is 11.6 Å². The summed E-state index contributed by atoms with van der Waals surface area (Å²) in [5.74, 6) is -1.38.